The van der Waals surface area contributed by atoms with Crippen LogP contribution in [0.25, 0.3) is 0 Å². The van der Waals surface area contributed by atoms with Gasteiger partial charge in [-0.1, -0.05) is 0 Å². The van der Waals surface area contributed by atoms with Gasteiger partial charge in [-0.2, -0.15) is 0 Å². The highest BCUT2D eigenvalue weighted by Gasteiger charge is 2.11. The first-order valence-electron chi connectivity index (χ1n) is 5.95. The van der Waals surface area contributed by atoms with Crippen molar-refractivity contribution >= 4 is 34.8 Å². The van der Waals surface area contributed by atoms with Gasteiger partial charge in [-0.25, -0.2) is 0 Å². The van der Waals surface area contributed by atoms with E-state index in [1.165, 1.54) is 0 Å². The van der Waals surface area contributed by atoms with Crippen LogP contribution in [-0.4, -0.2) is 79.2 Å². The molecule has 0 spiro atoms. The van der Waals surface area contributed by atoms with Gasteiger partial charge in [0.15, 0.2) is 0 Å². The summed E-state index contributed by atoms with van der Waals surface area (Å²) in [7, 11) is 0. The standard InChI is InChI=1S/C11H21Cl3O5/c12-3-9(15)6-17-1-2-18-8-11(5-14)19-7-10(16)4-13/h9-11,15-16H,1-8H2. The summed E-state index contributed by atoms with van der Waals surface area (Å²) >= 11 is 16.5. The molecule has 0 fully saturated rings. The molecule has 3 unspecified atom stereocenters. The van der Waals surface area contributed by atoms with E-state index in [4.69, 9.17) is 54.1 Å². The van der Waals surface area contributed by atoms with Gasteiger partial charge in [0.2, 0.25) is 0 Å². The summed E-state index contributed by atoms with van der Waals surface area (Å²) in [6.07, 6.45) is -1.65. The highest BCUT2D eigenvalue weighted by atomic mass is 35.5. The third-order valence-corrected chi connectivity index (χ3v) is 3.10. The molecule has 0 saturated heterocycles. The summed E-state index contributed by atoms with van der Waals surface area (Å²) in [4.78, 5) is 0. The quantitative estimate of drug-likeness (QED) is 0.384. The van der Waals surface area contributed by atoms with Gasteiger partial charge in [-0.15, -0.1) is 34.8 Å². The van der Waals surface area contributed by atoms with E-state index in [-0.39, 0.29) is 37.0 Å². The fourth-order valence-electron chi connectivity index (χ4n) is 1.03. The lowest BCUT2D eigenvalue weighted by Gasteiger charge is -2.17. The Labute approximate surface area is 128 Å². The van der Waals surface area contributed by atoms with Crippen LogP contribution in [0.4, 0.5) is 0 Å². The summed E-state index contributed by atoms with van der Waals surface area (Å²) in [6.45, 7) is 1.34. The third-order valence-electron chi connectivity index (χ3n) is 2.04. The second-order valence-electron chi connectivity index (χ2n) is 3.88. The zero-order valence-corrected chi connectivity index (χ0v) is 12.9. The molecule has 0 aliphatic rings. The second-order valence-corrected chi connectivity index (χ2v) is 4.80. The largest absolute Gasteiger partial charge is 0.389 e. The molecule has 3 atom stereocenters. The number of hydrogen-bond donors (Lipinski definition) is 2. The third kappa shape index (κ3) is 12.1. The first-order valence-corrected chi connectivity index (χ1v) is 7.55. The lowest BCUT2D eigenvalue weighted by atomic mass is 10.4. The highest BCUT2D eigenvalue weighted by Crippen LogP contribution is 2.00. The van der Waals surface area contributed by atoms with Crippen LogP contribution < -0.4 is 0 Å². The Morgan fingerprint density at radius 3 is 1.79 bits per heavy atom. The van der Waals surface area contributed by atoms with Crippen LogP contribution in [0, 0.1) is 0 Å². The number of rotatable bonds is 13. The number of aliphatic hydroxyl groups excluding tert-OH is 2. The van der Waals surface area contributed by atoms with Gasteiger partial charge in [0, 0.05) is 0 Å². The average molecular weight is 340 g/mol. The summed E-state index contributed by atoms with van der Waals surface area (Å²) in [5, 5.41) is 18.3. The summed E-state index contributed by atoms with van der Waals surface area (Å²) in [5.74, 6) is 0.527. The van der Waals surface area contributed by atoms with Gasteiger partial charge in [0.05, 0.1) is 69.0 Å². The maximum atomic E-state index is 9.22. The van der Waals surface area contributed by atoms with Crippen molar-refractivity contribution in [3.63, 3.8) is 0 Å². The second kappa shape index (κ2) is 13.6. The van der Waals surface area contributed by atoms with E-state index >= 15 is 0 Å². The maximum absolute atomic E-state index is 9.22. The van der Waals surface area contributed by atoms with Crippen LogP contribution in [0.15, 0.2) is 0 Å². The Kier molecular flexibility index (Phi) is 14.1. The summed E-state index contributed by atoms with van der Waals surface area (Å²) < 4.78 is 15.7. The average Bonchev–Trinajstić information content (AvgIpc) is 2.44. The van der Waals surface area contributed by atoms with E-state index in [1.54, 1.807) is 0 Å². The van der Waals surface area contributed by atoms with E-state index in [2.05, 4.69) is 0 Å². The Balaban J connectivity index is 3.45. The Bertz CT molecular complexity index is 199. The number of aliphatic hydroxyl groups is 2. The zero-order chi connectivity index (χ0) is 14.5. The normalized spacial score (nSPS) is 16.3. The lowest BCUT2D eigenvalue weighted by molar-refractivity contribution is -0.0478. The smallest absolute Gasteiger partial charge is 0.0944 e. The molecular weight excluding hydrogens is 318 g/mol. The predicted octanol–water partition coefficient (Wildman–Crippen LogP) is 0.843. The van der Waals surface area contributed by atoms with Crippen molar-refractivity contribution in [2.45, 2.75) is 18.3 Å². The van der Waals surface area contributed by atoms with Crippen molar-refractivity contribution in [3.8, 4) is 0 Å². The van der Waals surface area contributed by atoms with Crippen molar-refractivity contribution in [1.29, 1.82) is 0 Å². The molecule has 0 amide bonds. The molecule has 116 valence electrons. The van der Waals surface area contributed by atoms with Crippen LogP contribution >= 0.6 is 34.8 Å². The van der Waals surface area contributed by atoms with Gasteiger partial charge in [0.25, 0.3) is 0 Å². The molecule has 2 N–H and O–H groups in total. The minimum absolute atomic E-state index is 0.118. The minimum atomic E-state index is -0.701. The molecule has 0 heterocycles. The highest BCUT2D eigenvalue weighted by molar-refractivity contribution is 6.18. The molecule has 8 heteroatoms. The molecule has 0 radical (unpaired) electrons. The van der Waals surface area contributed by atoms with Gasteiger partial charge >= 0.3 is 0 Å². The molecule has 0 aromatic rings. The zero-order valence-electron chi connectivity index (χ0n) is 10.6. The van der Waals surface area contributed by atoms with E-state index < -0.39 is 12.2 Å². The van der Waals surface area contributed by atoms with Crippen molar-refractivity contribution in [2.24, 2.45) is 0 Å². The Morgan fingerprint density at radius 2 is 1.26 bits per heavy atom. The fourth-order valence-corrected chi connectivity index (χ4v) is 1.38. The van der Waals surface area contributed by atoms with E-state index in [9.17, 15) is 5.11 Å². The number of alkyl halides is 3. The molecule has 0 rings (SSSR count). The van der Waals surface area contributed by atoms with Crippen LogP contribution in [0.5, 0.6) is 0 Å². The van der Waals surface area contributed by atoms with E-state index in [0.29, 0.717) is 19.8 Å². The van der Waals surface area contributed by atoms with Gasteiger partial charge < -0.3 is 24.4 Å². The molecule has 0 aromatic heterocycles. The molecule has 0 saturated carbocycles. The molecule has 0 aliphatic carbocycles. The minimum Gasteiger partial charge on any atom is -0.389 e. The molecule has 0 aromatic carbocycles. The van der Waals surface area contributed by atoms with Gasteiger partial charge in [-0.05, 0) is 0 Å². The Hall–Kier alpha value is 0.670. The van der Waals surface area contributed by atoms with Crippen molar-refractivity contribution < 1.29 is 24.4 Å². The number of halogens is 3. The fraction of sp³-hybridized carbons (Fsp3) is 1.00. The number of hydrogen-bond acceptors (Lipinski definition) is 5. The van der Waals surface area contributed by atoms with Gasteiger partial charge in [0.1, 0.15) is 0 Å². The molecular formula is C11H21Cl3O5. The Morgan fingerprint density at radius 1 is 0.737 bits per heavy atom. The van der Waals surface area contributed by atoms with Crippen LogP contribution in [-0.2, 0) is 14.2 Å². The monoisotopic (exact) mass is 338 g/mol. The molecule has 0 bridgehead atoms. The summed E-state index contributed by atoms with van der Waals surface area (Å²) in [6, 6.07) is 0. The first-order chi connectivity index (χ1) is 9.13. The van der Waals surface area contributed by atoms with Gasteiger partial charge in [-0.3, -0.25) is 0 Å². The first kappa shape index (κ1) is 19.7. The summed E-state index contributed by atoms with van der Waals surface area (Å²) in [5.41, 5.74) is 0. The van der Waals surface area contributed by atoms with E-state index in [0.717, 1.165) is 0 Å². The van der Waals surface area contributed by atoms with Crippen LogP contribution in [0.1, 0.15) is 0 Å². The maximum Gasteiger partial charge on any atom is 0.0944 e. The lowest BCUT2D eigenvalue weighted by Crippen LogP contribution is -2.28. The predicted molar refractivity (Wildman–Crippen MR) is 75.6 cm³/mol. The number of ether oxygens (including phenoxy) is 3. The molecule has 5 nitrogen and oxygen atoms in total. The SMILES string of the molecule is OC(CCl)COCCOCC(CCl)OCC(O)CCl. The van der Waals surface area contributed by atoms with Crippen molar-refractivity contribution in [2.75, 3.05) is 50.7 Å². The van der Waals surface area contributed by atoms with Crippen LogP contribution in [0.2, 0.25) is 0 Å². The van der Waals surface area contributed by atoms with Crippen molar-refractivity contribution in [3.05, 3.63) is 0 Å². The van der Waals surface area contributed by atoms with Crippen molar-refractivity contribution in [1.82, 2.24) is 0 Å². The van der Waals surface area contributed by atoms with E-state index in [1.807, 2.05) is 0 Å². The molecule has 19 heavy (non-hydrogen) atoms. The topological polar surface area (TPSA) is 68.2 Å². The van der Waals surface area contributed by atoms with Crippen LogP contribution in [0.3, 0.4) is 0 Å². The molecule has 0 aliphatic heterocycles.